The number of rotatable bonds is 3. The van der Waals surface area contributed by atoms with E-state index in [1.165, 1.54) is 32.1 Å². The van der Waals surface area contributed by atoms with Crippen molar-refractivity contribution in [3.63, 3.8) is 0 Å². The number of halogens is 1. The van der Waals surface area contributed by atoms with Gasteiger partial charge in [-0.15, -0.1) is 0 Å². The molecule has 0 aromatic carbocycles. The molecule has 4 atom stereocenters. The smallest absolute Gasteiger partial charge is 0.226 e. The number of nitrogens with zero attached hydrogens (tertiary/aromatic N) is 5. The van der Waals surface area contributed by atoms with E-state index in [1.807, 2.05) is 13.8 Å². The predicted molar refractivity (Wildman–Crippen MR) is 113 cm³/mol. The van der Waals surface area contributed by atoms with Gasteiger partial charge < -0.3 is 24.2 Å². The highest BCUT2D eigenvalue weighted by Crippen LogP contribution is 2.47. The van der Waals surface area contributed by atoms with E-state index in [2.05, 4.69) is 20.0 Å². The highest BCUT2D eigenvalue weighted by molar-refractivity contribution is 6.28. The Bertz CT molecular complexity index is 999. The van der Waals surface area contributed by atoms with Crippen molar-refractivity contribution >= 4 is 28.5 Å². The Morgan fingerprint density at radius 3 is 2.61 bits per heavy atom. The molecule has 168 valence electrons. The number of hydrogen-bond donors (Lipinski definition) is 1. The molecule has 0 amide bonds. The van der Waals surface area contributed by atoms with Gasteiger partial charge in [0, 0.05) is 18.5 Å². The first-order valence-electron chi connectivity index (χ1n) is 11.2. The van der Waals surface area contributed by atoms with Gasteiger partial charge in [0.25, 0.3) is 0 Å². The molecular formula is C21H28ClN5O4. The summed E-state index contributed by atoms with van der Waals surface area (Å²) in [5.41, 5.74) is 1.03. The monoisotopic (exact) mass is 449 g/mol. The Morgan fingerprint density at radius 2 is 1.87 bits per heavy atom. The summed E-state index contributed by atoms with van der Waals surface area (Å²) in [7, 11) is 0. The lowest BCUT2D eigenvalue weighted by atomic mass is 9.68. The lowest BCUT2D eigenvalue weighted by Crippen LogP contribution is -2.57. The summed E-state index contributed by atoms with van der Waals surface area (Å²) in [6, 6.07) is 0. The molecule has 3 aliphatic heterocycles. The summed E-state index contributed by atoms with van der Waals surface area (Å²) in [4.78, 5) is 11.3. The van der Waals surface area contributed by atoms with Crippen molar-refractivity contribution in [2.75, 3.05) is 24.6 Å². The Labute approximate surface area is 185 Å². The Kier molecular flexibility index (Phi) is 4.53. The number of hydrogen-bond acceptors (Lipinski definition) is 8. The van der Waals surface area contributed by atoms with Crippen LogP contribution in [0.15, 0.2) is 6.20 Å². The van der Waals surface area contributed by atoms with E-state index in [9.17, 15) is 5.11 Å². The van der Waals surface area contributed by atoms with Crippen LogP contribution in [0.2, 0.25) is 5.28 Å². The maximum Gasteiger partial charge on any atom is 0.226 e. The highest BCUT2D eigenvalue weighted by Gasteiger charge is 2.56. The third-order valence-corrected chi connectivity index (χ3v) is 7.39. The number of aromatic nitrogens is 4. The first-order chi connectivity index (χ1) is 14.9. The molecule has 1 N–H and O–H groups in total. The van der Waals surface area contributed by atoms with Gasteiger partial charge in [-0.3, -0.25) is 0 Å². The van der Waals surface area contributed by atoms with Gasteiger partial charge in [0.2, 0.25) is 5.28 Å². The van der Waals surface area contributed by atoms with Crippen LogP contribution in [-0.2, 0) is 14.2 Å². The van der Waals surface area contributed by atoms with Gasteiger partial charge in [0.15, 0.2) is 17.7 Å². The molecule has 5 heterocycles. The molecular weight excluding hydrogens is 422 g/mol. The summed E-state index contributed by atoms with van der Waals surface area (Å²) in [5.74, 6) is 0.0759. The van der Waals surface area contributed by atoms with Crippen LogP contribution in [0.25, 0.3) is 11.0 Å². The van der Waals surface area contributed by atoms with Gasteiger partial charge in [-0.25, -0.2) is 4.68 Å². The molecule has 6 rings (SSSR count). The summed E-state index contributed by atoms with van der Waals surface area (Å²) >= 11 is 6.35. The van der Waals surface area contributed by atoms with Gasteiger partial charge >= 0.3 is 0 Å². The SMILES string of the molecule is CC1(C)O[C@@H]2[C@H](O1)[C@@H](CO)O[C@H]2n1ncc2c(N3CC4(CCCCC4)C3)nc(Cl)nc21. The van der Waals surface area contributed by atoms with E-state index in [0.717, 1.165) is 24.3 Å². The number of anilines is 1. The zero-order chi connectivity index (χ0) is 21.4. The van der Waals surface area contributed by atoms with Crippen molar-refractivity contribution in [3.05, 3.63) is 11.5 Å². The minimum absolute atomic E-state index is 0.160. The molecule has 0 radical (unpaired) electrons. The molecule has 1 aliphatic carbocycles. The van der Waals surface area contributed by atoms with E-state index >= 15 is 0 Å². The quantitative estimate of drug-likeness (QED) is 0.714. The molecule has 1 spiro atoms. The van der Waals surface area contributed by atoms with Gasteiger partial charge in [0.1, 0.15) is 24.1 Å². The molecule has 4 fully saturated rings. The Balaban J connectivity index is 1.33. The third kappa shape index (κ3) is 3.16. The zero-order valence-corrected chi connectivity index (χ0v) is 18.6. The maximum atomic E-state index is 9.79. The predicted octanol–water partition coefficient (Wildman–Crippen LogP) is 2.66. The van der Waals surface area contributed by atoms with Crippen LogP contribution < -0.4 is 4.90 Å². The van der Waals surface area contributed by atoms with Crippen molar-refractivity contribution in [2.24, 2.45) is 5.41 Å². The van der Waals surface area contributed by atoms with Crippen molar-refractivity contribution in [1.29, 1.82) is 0 Å². The third-order valence-electron chi connectivity index (χ3n) is 7.22. The maximum absolute atomic E-state index is 9.79. The van der Waals surface area contributed by atoms with Crippen molar-refractivity contribution < 1.29 is 19.3 Å². The standard InChI is InChI=1S/C21H28ClN5O4/c1-20(2)30-14-13(9-28)29-18(15(14)31-20)27-17-12(8-23-27)16(24-19(22)25-17)26-10-21(11-26)6-4-3-5-7-21/h8,13-15,18,28H,3-7,9-11H2,1-2H3/t13-,14-,15-,18-/m1/s1. The lowest BCUT2D eigenvalue weighted by Gasteiger charge is -2.53. The molecule has 2 aromatic rings. The van der Waals surface area contributed by atoms with Crippen LogP contribution in [0.4, 0.5) is 5.82 Å². The molecule has 4 aliphatic rings. The molecule has 0 bridgehead atoms. The van der Waals surface area contributed by atoms with Crippen molar-refractivity contribution in [1.82, 2.24) is 19.7 Å². The van der Waals surface area contributed by atoms with Crippen LogP contribution >= 0.6 is 11.6 Å². The second-order valence-corrected chi connectivity index (χ2v) is 10.2. The van der Waals surface area contributed by atoms with Gasteiger partial charge in [-0.05, 0) is 38.3 Å². The second-order valence-electron chi connectivity index (χ2n) is 9.87. The van der Waals surface area contributed by atoms with Gasteiger partial charge in [-0.1, -0.05) is 19.3 Å². The van der Waals surface area contributed by atoms with Crippen LogP contribution in [0.3, 0.4) is 0 Å². The summed E-state index contributed by atoms with van der Waals surface area (Å²) in [6.07, 6.45) is 6.51. The Hall–Kier alpha value is -1.52. The average molecular weight is 450 g/mol. The van der Waals surface area contributed by atoms with E-state index in [0.29, 0.717) is 11.1 Å². The molecule has 10 heteroatoms. The van der Waals surface area contributed by atoms with E-state index < -0.39 is 24.2 Å². The minimum atomic E-state index is -0.753. The molecule has 9 nitrogen and oxygen atoms in total. The van der Waals surface area contributed by atoms with Crippen molar-refractivity contribution in [2.45, 2.75) is 76.3 Å². The zero-order valence-electron chi connectivity index (χ0n) is 17.8. The summed E-state index contributed by atoms with van der Waals surface area (Å²) < 4.78 is 19.8. The van der Waals surface area contributed by atoms with Crippen molar-refractivity contribution in [3.8, 4) is 0 Å². The summed E-state index contributed by atoms with van der Waals surface area (Å²) in [6.45, 7) is 5.57. The first-order valence-corrected chi connectivity index (χ1v) is 11.5. The number of ether oxygens (including phenoxy) is 3. The highest BCUT2D eigenvalue weighted by atomic mass is 35.5. The summed E-state index contributed by atoms with van der Waals surface area (Å²) in [5, 5.41) is 15.4. The topological polar surface area (TPSA) is 94.8 Å². The fourth-order valence-electron chi connectivity index (χ4n) is 5.85. The minimum Gasteiger partial charge on any atom is -0.394 e. The van der Waals surface area contributed by atoms with E-state index in [4.69, 9.17) is 25.8 Å². The fraction of sp³-hybridized carbons (Fsp3) is 0.762. The first kappa shape index (κ1) is 20.1. The van der Waals surface area contributed by atoms with E-state index in [1.54, 1.807) is 10.9 Å². The van der Waals surface area contributed by atoms with Crippen LogP contribution in [0.1, 0.15) is 52.2 Å². The number of aliphatic hydroxyl groups is 1. The van der Waals surface area contributed by atoms with Crippen LogP contribution in [-0.4, -0.2) is 68.7 Å². The normalized spacial score (nSPS) is 33.7. The van der Waals surface area contributed by atoms with Crippen LogP contribution in [0, 0.1) is 5.41 Å². The lowest BCUT2D eigenvalue weighted by molar-refractivity contribution is -0.201. The molecule has 1 saturated carbocycles. The number of aliphatic hydroxyl groups excluding tert-OH is 1. The molecule has 0 unspecified atom stereocenters. The fourth-order valence-corrected chi connectivity index (χ4v) is 6.01. The Morgan fingerprint density at radius 1 is 1.13 bits per heavy atom. The van der Waals surface area contributed by atoms with E-state index in [-0.39, 0.29) is 18.0 Å². The van der Waals surface area contributed by atoms with Gasteiger partial charge in [0.05, 0.1) is 18.2 Å². The second kappa shape index (κ2) is 6.99. The van der Waals surface area contributed by atoms with Crippen LogP contribution in [0.5, 0.6) is 0 Å². The number of fused-ring (bicyclic) bond motifs is 2. The molecule has 2 aromatic heterocycles. The van der Waals surface area contributed by atoms with Gasteiger partial charge in [-0.2, -0.15) is 15.1 Å². The molecule has 31 heavy (non-hydrogen) atoms. The average Bonchev–Trinajstić information content (AvgIpc) is 3.36. The molecule has 3 saturated heterocycles. The largest absolute Gasteiger partial charge is 0.394 e.